The smallest absolute Gasteiger partial charge is 0.256 e. The lowest BCUT2D eigenvalue weighted by Gasteiger charge is -2.14. The van der Waals surface area contributed by atoms with E-state index < -0.39 is 0 Å². The summed E-state index contributed by atoms with van der Waals surface area (Å²) in [6.45, 7) is 8.24. The van der Waals surface area contributed by atoms with E-state index in [4.69, 9.17) is 11.6 Å². The van der Waals surface area contributed by atoms with Gasteiger partial charge in [-0.1, -0.05) is 38.3 Å². The van der Waals surface area contributed by atoms with Crippen molar-refractivity contribution in [2.45, 2.75) is 53.0 Å². The summed E-state index contributed by atoms with van der Waals surface area (Å²) >= 11 is 6.08. The Bertz CT molecular complexity index is 440. The molecular weight excluding hydrogens is 262 g/mol. The molecule has 0 fully saturated rings. The standard InChI is InChI=1S/C14H24ClN3O/c1-9(2)7-6-8-10(3)16-14(19)12-11(4)17-18(5)13(12)15/h9-10H,6-8H2,1-5H3,(H,16,19). The summed E-state index contributed by atoms with van der Waals surface area (Å²) in [5.41, 5.74) is 1.15. The molecule has 0 aliphatic rings. The highest BCUT2D eigenvalue weighted by atomic mass is 35.5. The summed E-state index contributed by atoms with van der Waals surface area (Å²) in [7, 11) is 1.73. The van der Waals surface area contributed by atoms with Gasteiger partial charge in [-0.25, -0.2) is 0 Å². The van der Waals surface area contributed by atoms with Gasteiger partial charge in [-0.15, -0.1) is 0 Å². The fourth-order valence-corrected chi connectivity index (χ4v) is 2.35. The van der Waals surface area contributed by atoms with Gasteiger partial charge in [0.25, 0.3) is 5.91 Å². The van der Waals surface area contributed by atoms with Gasteiger partial charge < -0.3 is 5.32 Å². The predicted octanol–water partition coefficient (Wildman–Crippen LogP) is 3.33. The van der Waals surface area contributed by atoms with E-state index in [1.165, 1.54) is 11.1 Å². The zero-order chi connectivity index (χ0) is 14.6. The summed E-state index contributed by atoms with van der Waals surface area (Å²) in [6.07, 6.45) is 3.30. The van der Waals surface area contributed by atoms with Crippen LogP contribution in [0.2, 0.25) is 5.15 Å². The van der Waals surface area contributed by atoms with E-state index in [1.54, 1.807) is 14.0 Å². The molecule has 1 amide bonds. The van der Waals surface area contributed by atoms with Crippen molar-refractivity contribution >= 4 is 17.5 Å². The lowest BCUT2D eigenvalue weighted by atomic mass is 10.0. The molecule has 1 atom stereocenters. The molecule has 1 unspecified atom stereocenters. The van der Waals surface area contributed by atoms with Gasteiger partial charge in [-0.05, 0) is 26.2 Å². The molecule has 0 saturated heterocycles. The van der Waals surface area contributed by atoms with E-state index in [0.717, 1.165) is 12.8 Å². The van der Waals surface area contributed by atoms with Crippen LogP contribution in [-0.4, -0.2) is 21.7 Å². The Morgan fingerprint density at radius 2 is 2.00 bits per heavy atom. The Hall–Kier alpha value is -1.03. The molecule has 1 rings (SSSR count). The van der Waals surface area contributed by atoms with Crippen molar-refractivity contribution in [3.63, 3.8) is 0 Å². The van der Waals surface area contributed by atoms with Crippen LogP contribution in [0.3, 0.4) is 0 Å². The molecule has 0 spiro atoms. The third-order valence-corrected chi connectivity index (χ3v) is 3.61. The molecule has 5 heteroatoms. The monoisotopic (exact) mass is 285 g/mol. The van der Waals surface area contributed by atoms with Crippen molar-refractivity contribution in [1.82, 2.24) is 15.1 Å². The summed E-state index contributed by atoms with van der Waals surface area (Å²) in [5, 5.41) is 7.53. The normalized spacial score (nSPS) is 12.8. The number of aromatic nitrogens is 2. The van der Waals surface area contributed by atoms with Gasteiger partial charge in [0.1, 0.15) is 5.15 Å². The molecule has 0 radical (unpaired) electrons. The first kappa shape index (κ1) is 16.0. The molecule has 108 valence electrons. The minimum atomic E-state index is -0.132. The molecule has 1 aromatic rings. The number of hydrogen-bond acceptors (Lipinski definition) is 2. The van der Waals surface area contributed by atoms with Crippen LogP contribution in [0.1, 0.15) is 56.1 Å². The minimum Gasteiger partial charge on any atom is -0.349 e. The average Bonchev–Trinajstić information content (AvgIpc) is 2.52. The number of amides is 1. The highest BCUT2D eigenvalue weighted by Crippen LogP contribution is 2.18. The molecule has 0 aliphatic carbocycles. The number of hydrogen-bond donors (Lipinski definition) is 1. The first-order chi connectivity index (χ1) is 8.82. The lowest BCUT2D eigenvalue weighted by Crippen LogP contribution is -2.33. The SMILES string of the molecule is Cc1nn(C)c(Cl)c1C(=O)NC(C)CCCC(C)C. The summed E-state index contributed by atoms with van der Waals surface area (Å²) in [4.78, 5) is 12.2. The van der Waals surface area contributed by atoms with E-state index in [2.05, 4.69) is 24.3 Å². The number of halogens is 1. The average molecular weight is 286 g/mol. The summed E-state index contributed by atoms with van der Waals surface area (Å²) < 4.78 is 1.52. The predicted molar refractivity (Wildman–Crippen MR) is 78.6 cm³/mol. The Balaban J connectivity index is 2.55. The van der Waals surface area contributed by atoms with Crippen molar-refractivity contribution in [1.29, 1.82) is 0 Å². The van der Waals surface area contributed by atoms with Gasteiger partial charge in [-0.3, -0.25) is 9.48 Å². The van der Waals surface area contributed by atoms with Crippen molar-refractivity contribution in [3.05, 3.63) is 16.4 Å². The number of carbonyl (C=O) groups is 1. The molecule has 4 nitrogen and oxygen atoms in total. The van der Waals surface area contributed by atoms with Crippen molar-refractivity contribution in [2.24, 2.45) is 13.0 Å². The summed E-state index contributed by atoms with van der Waals surface area (Å²) in [5.74, 6) is 0.575. The fraction of sp³-hybridized carbons (Fsp3) is 0.714. The van der Waals surface area contributed by atoms with E-state index in [1.807, 2.05) is 6.92 Å². The molecule has 0 aromatic carbocycles. The Morgan fingerprint density at radius 3 is 2.47 bits per heavy atom. The second-order valence-corrected chi connectivity index (χ2v) is 5.93. The van der Waals surface area contributed by atoms with E-state index in [-0.39, 0.29) is 11.9 Å². The first-order valence-corrected chi connectivity index (χ1v) is 7.20. The number of aryl methyl sites for hydroxylation is 2. The third-order valence-electron chi connectivity index (χ3n) is 3.18. The number of carbonyl (C=O) groups excluding carboxylic acids is 1. The Labute approximate surface area is 120 Å². The second kappa shape index (κ2) is 6.94. The zero-order valence-corrected chi connectivity index (χ0v) is 13.2. The van der Waals surface area contributed by atoms with Crippen LogP contribution in [0.5, 0.6) is 0 Å². The first-order valence-electron chi connectivity index (χ1n) is 6.82. The van der Waals surface area contributed by atoms with Crippen LogP contribution in [-0.2, 0) is 7.05 Å². The molecule has 1 heterocycles. The van der Waals surface area contributed by atoms with E-state index in [0.29, 0.717) is 22.3 Å². The lowest BCUT2D eigenvalue weighted by molar-refractivity contribution is 0.0937. The van der Waals surface area contributed by atoms with Crippen molar-refractivity contribution < 1.29 is 4.79 Å². The summed E-state index contributed by atoms with van der Waals surface area (Å²) in [6, 6.07) is 0.155. The van der Waals surface area contributed by atoms with E-state index >= 15 is 0 Å². The Kier molecular flexibility index (Phi) is 5.85. The van der Waals surface area contributed by atoms with E-state index in [9.17, 15) is 4.79 Å². The van der Waals surface area contributed by atoms with Gasteiger partial charge in [0.05, 0.1) is 11.3 Å². The van der Waals surface area contributed by atoms with Crippen LogP contribution in [0.25, 0.3) is 0 Å². The quantitative estimate of drug-likeness (QED) is 0.871. The van der Waals surface area contributed by atoms with Crippen molar-refractivity contribution in [2.75, 3.05) is 0 Å². The zero-order valence-electron chi connectivity index (χ0n) is 12.5. The second-order valence-electron chi connectivity index (χ2n) is 5.57. The van der Waals surface area contributed by atoms with Gasteiger partial charge in [-0.2, -0.15) is 5.10 Å². The van der Waals surface area contributed by atoms with Gasteiger partial charge in [0, 0.05) is 13.1 Å². The molecule has 0 bridgehead atoms. The van der Waals surface area contributed by atoms with Crippen LogP contribution >= 0.6 is 11.6 Å². The molecule has 0 aliphatic heterocycles. The number of nitrogens with zero attached hydrogens (tertiary/aromatic N) is 2. The number of nitrogens with one attached hydrogen (secondary N) is 1. The maximum Gasteiger partial charge on any atom is 0.256 e. The van der Waals surface area contributed by atoms with Crippen LogP contribution < -0.4 is 5.32 Å². The minimum absolute atomic E-state index is 0.132. The molecule has 19 heavy (non-hydrogen) atoms. The number of rotatable bonds is 6. The van der Waals surface area contributed by atoms with Gasteiger partial charge in [0.15, 0.2) is 0 Å². The maximum absolute atomic E-state index is 12.2. The highest BCUT2D eigenvalue weighted by Gasteiger charge is 2.20. The van der Waals surface area contributed by atoms with Crippen LogP contribution in [0.4, 0.5) is 0 Å². The molecule has 1 aromatic heterocycles. The van der Waals surface area contributed by atoms with Crippen LogP contribution in [0.15, 0.2) is 0 Å². The van der Waals surface area contributed by atoms with Gasteiger partial charge >= 0.3 is 0 Å². The van der Waals surface area contributed by atoms with Crippen molar-refractivity contribution in [3.8, 4) is 0 Å². The largest absolute Gasteiger partial charge is 0.349 e. The molecular formula is C14H24ClN3O. The third kappa shape index (κ3) is 4.53. The molecule has 1 N–H and O–H groups in total. The highest BCUT2D eigenvalue weighted by molar-refractivity contribution is 6.33. The van der Waals surface area contributed by atoms with Gasteiger partial charge in [0.2, 0.25) is 0 Å². The van der Waals surface area contributed by atoms with Crippen LogP contribution in [0, 0.1) is 12.8 Å². The topological polar surface area (TPSA) is 46.9 Å². The fourth-order valence-electron chi connectivity index (χ4n) is 2.09. The molecule has 0 saturated carbocycles. The Morgan fingerprint density at radius 1 is 1.37 bits per heavy atom. The maximum atomic E-state index is 12.2.